The van der Waals surface area contributed by atoms with Crippen LogP contribution in [0, 0.1) is 100 Å². The zero-order valence-electron chi connectivity index (χ0n) is 88.5. The van der Waals surface area contributed by atoms with Crippen LogP contribution >= 0.6 is 73.3 Å². The highest BCUT2D eigenvalue weighted by Gasteiger charge is 2.50. The Morgan fingerprint density at radius 2 is 0.480 bits per heavy atom. The lowest BCUT2D eigenvalue weighted by atomic mass is 9.72. The number of hydrogen-bond acceptors (Lipinski definition) is 28. The van der Waals surface area contributed by atoms with E-state index < -0.39 is 35.7 Å². The SMILES string of the molecule is CC1(C)CC(=C2C(=O)NC(=O)NC2=O)C(C#N)=C(N2CCCC2)C1.CC1(C)CC(=C2C(=O)NCNC2=O)C(C#N)=C(N2CCCC2)C1.CC1(C)CC(=C2C(=S)NC(=S)NC2=S)C(C#N)=C(N2CCCC2)C1.CN1C(=O)C(=C2CC(C)(C)CC(N3CCCC3)=C2C#N)C(=O)N(C)C1=O.CN1C(=S)C(=C2CC(C)(C)CC(N3CCCC3)=C2C#N)C(=S)N(C)C1=S.CN1CN(C)C(=O)C(=C2CC(C)(C)CC(N3CCCC3)=C2C#N)C1=O. The topological polar surface area (TPSA) is 425 Å². The molecular formula is C108H136N24O10S6. The molecule has 0 aromatic heterocycles. The van der Waals surface area contributed by atoms with Gasteiger partial charge in [-0.25, -0.2) is 9.59 Å². The Morgan fingerprint density at radius 1 is 0.264 bits per heavy atom. The molecule has 18 aliphatic rings. The normalized spacial score (nSPS) is 24.1. The second kappa shape index (κ2) is 45.5. The van der Waals surface area contributed by atoms with Gasteiger partial charge in [0.15, 0.2) is 10.2 Å². The van der Waals surface area contributed by atoms with Gasteiger partial charge >= 0.3 is 12.1 Å². The number of rotatable bonds is 6. The zero-order chi connectivity index (χ0) is 108. The average molecular weight is 2120 g/mol. The van der Waals surface area contributed by atoms with Crippen LogP contribution in [0.3, 0.4) is 0 Å². The molecule has 0 bridgehead atoms. The Balaban J connectivity index is 0.000000148. The summed E-state index contributed by atoms with van der Waals surface area (Å²) in [5, 5.41) is 75.6. The first-order valence-corrected chi connectivity index (χ1v) is 53.4. The first-order chi connectivity index (χ1) is 69.7. The van der Waals surface area contributed by atoms with Crippen LogP contribution in [0.4, 0.5) is 9.59 Å². The van der Waals surface area contributed by atoms with Gasteiger partial charge in [0.2, 0.25) is 0 Å². The number of imide groups is 4. The standard InChI is InChI=1S/C19H24N4O3.C19H26N4O2.C19H24N4S3.C17H20N4O3.C17H22N4O2.C17H20N4S3/c1-19(2)9-12(13(11-20)14(10-19)23-7-5-6-8-23)15-16(24)21(3)18(26)22(4)17(15)25;1-19(2)9-13(16-17(24)21(3)12-22(4)18(16)25)14(11-20)15(10-19)23-7-5-6-8-23;1-19(2)9-12(13(11-20)14(10-19)23-7-5-6-8-23)15-16(24)21(3)18(26)22(4)17(15)25;1-17(2)7-10(13-14(22)19-16(24)20-15(13)23)11(9-18)12(8-17)21-5-3-4-6-21;1-17(2)7-11(14-15(22)19-10-20-16(14)23)12(9-18)13(8-17)21-5-3-4-6-21;1-17(2)7-10(13-14(22)19-16(24)20-15(13)23)11(9-18)12(8-17)21-5-3-4-6-21/h5-10H2,1-4H3;5-10,12H2,1-4H3;5-10H2,1-4H3;3-8H2,1-2H3,(H2,19,20,22,23,24);3-8,10H2,1-2H3,(H,19,22)(H,20,23);3-8H2,1-2H3,(H2,19,20,22,23,24). The number of nitrogens with one attached hydrogen (secondary N) is 6. The number of nitrogens with zero attached hydrogens (tertiary/aromatic N) is 18. The van der Waals surface area contributed by atoms with Crippen LogP contribution in [0.1, 0.15) is 237 Å². The van der Waals surface area contributed by atoms with Gasteiger partial charge in [0.1, 0.15) is 78.7 Å². The van der Waals surface area contributed by atoms with Gasteiger partial charge in [0.05, 0.1) is 46.8 Å². The maximum atomic E-state index is 12.8. The van der Waals surface area contributed by atoms with E-state index in [0.29, 0.717) is 100 Å². The molecule has 0 aromatic carbocycles. The molecule has 0 unspecified atom stereocenters. The summed E-state index contributed by atoms with van der Waals surface area (Å²) in [7, 11) is 9.84. The van der Waals surface area contributed by atoms with E-state index in [1.54, 1.807) is 14.1 Å². The van der Waals surface area contributed by atoms with Gasteiger partial charge < -0.3 is 70.3 Å². The van der Waals surface area contributed by atoms with E-state index in [-0.39, 0.29) is 91.7 Å². The first-order valence-electron chi connectivity index (χ1n) is 51.0. The number of thiocarbonyl (C=S) groups is 6. The fourth-order valence-electron chi connectivity index (χ4n) is 23.3. The van der Waals surface area contributed by atoms with Crippen molar-refractivity contribution in [3.8, 4) is 36.4 Å². The Bertz CT molecular complexity index is 6020. The van der Waals surface area contributed by atoms with Gasteiger partial charge in [-0.2, -0.15) is 31.6 Å². The predicted molar refractivity (Wildman–Crippen MR) is 582 cm³/mol. The predicted octanol–water partition coefficient (Wildman–Crippen LogP) is 13.3. The van der Waals surface area contributed by atoms with Crippen LogP contribution in [0.2, 0.25) is 0 Å². The molecule has 0 atom stereocenters. The Kier molecular flexibility index (Phi) is 34.6. The molecule has 40 heteroatoms. The summed E-state index contributed by atoms with van der Waals surface area (Å²) in [6.07, 6.45) is 22.0. The number of carbonyl (C=O) groups is 10. The maximum Gasteiger partial charge on any atom is 0.333 e. The zero-order valence-corrected chi connectivity index (χ0v) is 93.4. The monoisotopic (exact) mass is 2120 g/mol. The molecule has 34 nitrogen and oxygen atoms in total. The lowest BCUT2D eigenvalue weighted by Crippen LogP contribution is -2.53. The lowest BCUT2D eigenvalue weighted by molar-refractivity contribution is -0.142. The van der Waals surface area contributed by atoms with Crippen LogP contribution < -0.4 is 31.9 Å². The van der Waals surface area contributed by atoms with E-state index in [1.165, 1.54) is 49.6 Å². The molecule has 0 aromatic rings. The fourth-order valence-corrected chi connectivity index (χ4v) is 25.3. The number of likely N-dealkylation sites (N-methyl/N-ethyl adjacent to an activating group) is 6. The fraction of sp³-hybridized carbons (Fsp3) is 0.574. The summed E-state index contributed by atoms with van der Waals surface area (Å²) in [5.74, 6) is -4.02. The number of amides is 12. The Morgan fingerprint density at radius 3 is 0.723 bits per heavy atom. The van der Waals surface area contributed by atoms with Gasteiger partial charge in [0.25, 0.3) is 47.3 Å². The quantitative estimate of drug-likeness (QED) is 0.0817. The molecule has 12 saturated heterocycles. The van der Waals surface area contributed by atoms with E-state index >= 15 is 0 Å². The molecule has 6 aliphatic carbocycles. The number of hydrogen-bond donors (Lipinski definition) is 6. The van der Waals surface area contributed by atoms with E-state index in [1.807, 2.05) is 23.9 Å². The molecule has 0 spiro atoms. The number of allylic oxidation sites excluding steroid dienone is 18. The van der Waals surface area contributed by atoms with Gasteiger partial charge in [0, 0.05) is 166 Å². The van der Waals surface area contributed by atoms with Gasteiger partial charge in [-0.15, -0.1) is 0 Å². The summed E-state index contributed by atoms with van der Waals surface area (Å²) in [6.45, 7) is 37.6. The van der Waals surface area contributed by atoms with Crippen LogP contribution in [0.15, 0.2) is 134 Å². The van der Waals surface area contributed by atoms with Crippen LogP contribution in [-0.2, 0) is 38.4 Å². The number of carbonyl (C=O) groups excluding carboxylic acids is 10. The van der Waals surface area contributed by atoms with Crippen molar-refractivity contribution in [3.05, 3.63) is 134 Å². The van der Waals surface area contributed by atoms with E-state index in [0.717, 1.165) is 259 Å². The third kappa shape index (κ3) is 24.1. The highest BCUT2D eigenvalue weighted by Crippen LogP contribution is 2.53. The van der Waals surface area contributed by atoms with Crippen molar-refractivity contribution >= 4 is 163 Å². The third-order valence-corrected chi connectivity index (χ3v) is 32.6. The summed E-state index contributed by atoms with van der Waals surface area (Å²) in [6, 6.07) is 12.5. The molecule has 12 aliphatic heterocycles. The maximum absolute atomic E-state index is 12.8. The largest absolute Gasteiger partial charge is 0.374 e. The van der Waals surface area contributed by atoms with Gasteiger partial charge in [-0.05, 0) is 244 Å². The highest BCUT2D eigenvalue weighted by molar-refractivity contribution is 7.85. The van der Waals surface area contributed by atoms with Crippen molar-refractivity contribution in [1.82, 2.24) is 90.7 Å². The molecular weight excluding hydrogens is 1990 g/mol. The van der Waals surface area contributed by atoms with Crippen LogP contribution in [-0.4, -0.2) is 282 Å². The Hall–Kier alpha value is -12.5. The van der Waals surface area contributed by atoms with Crippen LogP contribution in [0.25, 0.3) is 0 Å². The van der Waals surface area contributed by atoms with Crippen molar-refractivity contribution in [3.63, 3.8) is 0 Å². The molecule has 12 amide bonds. The number of barbiturate groups is 2. The lowest BCUT2D eigenvalue weighted by Gasteiger charge is -2.41. The smallest absolute Gasteiger partial charge is 0.333 e. The molecule has 0 saturated carbocycles. The van der Waals surface area contributed by atoms with Crippen molar-refractivity contribution in [2.24, 2.45) is 32.5 Å². The molecule has 6 N–H and O–H groups in total. The number of urea groups is 2. The molecule has 12 fully saturated rings. The summed E-state index contributed by atoms with van der Waals surface area (Å²) < 4.78 is 0. The average Bonchev–Trinajstić information content (AvgIpc) is 1.06. The second-order valence-corrected chi connectivity index (χ2v) is 48.2. The van der Waals surface area contributed by atoms with Crippen LogP contribution in [0.5, 0.6) is 0 Å². The molecule has 148 heavy (non-hydrogen) atoms. The molecule has 0 radical (unpaired) electrons. The second-order valence-electron chi connectivity index (χ2n) is 45.8. The Labute approximate surface area is 901 Å². The van der Waals surface area contributed by atoms with E-state index in [4.69, 9.17) is 73.3 Å². The number of likely N-dealkylation sites (tertiary alicyclic amines) is 6. The molecule has 784 valence electrons. The summed E-state index contributed by atoms with van der Waals surface area (Å²) in [5.41, 5.74) is 14.9. The van der Waals surface area contributed by atoms with Gasteiger partial charge in [-0.1, -0.05) is 132 Å². The third-order valence-electron chi connectivity index (χ3n) is 30.3. The van der Waals surface area contributed by atoms with Crippen molar-refractivity contribution in [2.45, 2.75) is 237 Å². The van der Waals surface area contributed by atoms with Crippen molar-refractivity contribution in [2.75, 3.05) is 134 Å². The number of nitriles is 6. The highest BCUT2D eigenvalue weighted by atomic mass is 32.1. The van der Waals surface area contributed by atoms with Crippen molar-refractivity contribution in [1.29, 1.82) is 31.6 Å². The summed E-state index contributed by atoms with van der Waals surface area (Å²) >= 11 is 32.9. The van der Waals surface area contributed by atoms with Crippen molar-refractivity contribution < 1.29 is 47.9 Å². The molecule has 18 rings (SSSR count). The first kappa shape index (κ1) is 113. The molecule has 12 heterocycles. The minimum absolute atomic E-state index is 0.0457. The minimum atomic E-state index is -0.827. The minimum Gasteiger partial charge on any atom is -0.374 e. The van der Waals surface area contributed by atoms with Gasteiger partial charge in [-0.3, -0.25) is 58.8 Å². The van der Waals surface area contributed by atoms with E-state index in [2.05, 4.69) is 181 Å². The summed E-state index contributed by atoms with van der Waals surface area (Å²) in [4.78, 5) is 148. The van der Waals surface area contributed by atoms with E-state index in [9.17, 15) is 79.5 Å².